The molecule has 5 aliphatic heterocycles. The van der Waals surface area contributed by atoms with Crippen molar-refractivity contribution in [3.05, 3.63) is 29.2 Å². The van der Waals surface area contributed by atoms with Crippen LogP contribution in [0, 0.1) is 0 Å². The summed E-state index contributed by atoms with van der Waals surface area (Å²) in [7, 11) is 1.27. The van der Waals surface area contributed by atoms with Crippen LogP contribution in [0.25, 0.3) is 0 Å². The van der Waals surface area contributed by atoms with Gasteiger partial charge in [0.2, 0.25) is 11.5 Å². The molecule has 1 aromatic rings. The lowest BCUT2D eigenvalue weighted by molar-refractivity contribution is -0.935. The molecule has 0 unspecified atom stereocenters. The van der Waals surface area contributed by atoms with Crippen LogP contribution in [0.5, 0.6) is 0 Å². The number of oxime groups is 1. The molecule has 2 amide bonds. The molecule has 0 spiro atoms. The predicted octanol–water partition coefficient (Wildman–Crippen LogP) is -1.09. The Hall–Kier alpha value is -3.01. The standard InChI is InChI=1S/C21H26N8O5S2/c1-34-25-13(16-24-21(22)36-26-16)17(30)23-14-18(31)28-15(20(32)33)12(11-35-19(14)28)3-2-7-29-8-4-27(5-9-29)6-10-29/h2-3,14,19H,4-11H2,1H3,(H3-,22,23,24,26,30,32,33)/p+1/b3-2+,25-13-/t14-,19-/m1/s1. The van der Waals surface area contributed by atoms with Crippen LogP contribution in [0.4, 0.5) is 5.13 Å². The summed E-state index contributed by atoms with van der Waals surface area (Å²) >= 11 is 2.30. The van der Waals surface area contributed by atoms with Gasteiger partial charge in [0, 0.05) is 36.9 Å². The maximum Gasteiger partial charge on any atom is 0.352 e. The molecule has 192 valence electrons. The first-order valence-electron chi connectivity index (χ1n) is 11.5. The number of carbonyl (C=O) groups excluding carboxylic acids is 2. The Morgan fingerprint density at radius 3 is 2.67 bits per heavy atom. The molecule has 4 N–H and O–H groups in total. The number of β-lactam (4-membered cyclic amide) rings is 1. The summed E-state index contributed by atoms with van der Waals surface area (Å²) in [5, 5.41) is 15.8. The van der Waals surface area contributed by atoms with Crippen LogP contribution in [-0.4, -0.2) is 122 Å². The molecular weight excluding hydrogens is 508 g/mol. The third-order valence-electron chi connectivity index (χ3n) is 7.02. The van der Waals surface area contributed by atoms with E-state index in [-0.39, 0.29) is 22.4 Å². The molecule has 0 radical (unpaired) electrons. The number of aromatic nitrogens is 2. The third-order valence-corrected chi connectivity index (χ3v) is 8.87. The molecular formula is C21H27N8O5S2+. The average molecular weight is 536 g/mol. The van der Waals surface area contributed by atoms with Crippen molar-refractivity contribution in [1.82, 2.24) is 24.5 Å². The van der Waals surface area contributed by atoms with Crippen molar-refractivity contribution in [2.24, 2.45) is 5.16 Å². The van der Waals surface area contributed by atoms with Crippen LogP contribution < -0.4 is 11.1 Å². The molecule has 2 atom stereocenters. The van der Waals surface area contributed by atoms with Crippen LogP contribution >= 0.6 is 23.3 Å². The Labute approximate surface area is 215 Å². The zero-order chi connectivity index (χ0) is 25.4. The first-order chi connectivity index (χ1) is 17.3. The minimum absolute atomic E-state index is 0.0168. The van der Waals surface area contributed by atoms with Crippen molar-refractivity contribution in [3.63, 3.8) is 0 Å². The van der Waals surface area contributed by atoms with Gasteiger partial charge in [-0.15, -0.1) is 11.8 Å². The van der Waals surface area contributed by atoms with E-state index in [9.17, 15) is 19.5 Å². The topological polar surface area (TPSA) is 163 Å². The fourth-order valence-electron chi connectivity index (χ4n) is 5.01. The van der Waals surface area contributed by atoms with Crippen LogP contribution in [0.1, 0.15) is 5.82 Å². The lowest BCUT2D eigenvalue weighted by Gasteiger charge is -2.50. The van der Waals surface area contributed by atoms with E-state index in [0.29, 0.717) is 11.3 Å². The van der Waals surface area contributed by atoms with Gasteiger partial charge in [0.25, 0.3) is 11.8 Å². The number of nitrogens with zero attached hydrogens (tertiary/aromatic N) is 6. The van der Waals surface area contributed by atoms with Crippen LogP contribution in [0.3, 0.4) is 0 Å². The summed E-state index contributed by atoms with van der Waals surface area (Å²) in [5.74, 6) is -1.98. The van der Waals surface area contributed by atoms with Gasteiger partial charge in [-0.25, -0.2) is 4.79 Å². The molecule has 15 heteroatoms. The lowest BCUT2D eigenvalue weighted by atomic mass is 10.0. The summed E-state index contributed by atoms with van der Waals surface area (Å²) in [5.41, 5.74) is 5.94. The molecule has 1 aromatic heterocycles. The van der Waals surface area contributed by atoms with Gasteiger partial charge < -0.3 is 25.5 Å². The van der Waals surface area contributed by atoms with Gasteiger partial charge in [-0.05, 0) is 11.6 Å². The fraction of sp³-hybridized carbons (Fsp3) is 0.524. The number of aliphatic carboxylic acids is 1. The SMILES string of the molecule is CO/N=C(\C(=O)N[C@@H]1C(=O)N2C(C(=O)O)=C(/C=C/C[N+]34CCN(CC3)CC4)CS[C@H]12)c1nsc(N)n1. The minimum Gasteiger partial charge on any atom is -0.477 e. The maximum atomic E-state index is 13.0. The summed E-state index contributed by atoms with van der Waals surface area (Å²) in [6.45, 7) is 7.48. The van der Waals surface area contributed by atoms with E-state index < -0.39 is 29.2 Å². The van der Waals surface area contributed by atoms with Crippen molar-refractivity contribution in [2.75, 3.05) is 64.4 Å². The number of nitrogens with one attached hydrogen (secondary N) is 1. The van der Waals surface area contributed by atoms with Crippen molar-refractivity contribution < 1.29 is 28.8 Å². The first-order valence-corrected chi connectivity index (χ1v) is 13.3. The number of amides is 2. The van der Waals surface area contributed by atoms with Crippen molar-refractivity contribution >= 4 is 51.9 Å². The predicted molar refractivity (Wildman–Crippen MR) is 133 cm³/mol. The second-order valence-electron chi connectivity index (χ2n) is 9.06. The summed E-state index contributed by atoms with van der Waals surface area (Å²) in [6.07, 6.45) is 3.89. The number of nitrogens with two attached hydrogens (primary N) is 1. The van der Waals surface area contributed by atoms with Gasteiger partial charge >= 0.3 is 5.97 Å². The lowest BCUT2D eigenvalue weighted by Crippen LogP contribution is -2.71. The van der Waals surface area contributed by atoms with E-state index in [0.717, 1.165) is 61.8 Å². The van der Waals surface area contributed by atoms with Crippen molar-refractivity contribution in [2.45, 2.75) is 11.4 Å². The minimum atomic E-state index is -1.17. The molecule has 6 rings (SSSR count). The van der Waals surface area contributed by atoms with Crippen molar-refractivity contribution in [1.29, 1.82) is 0 Å². The molecule has 0 aromatic carbocycles. The zero-order valence-electron chi connectivity index (χ0n) is 19.6. The Morgan fingerprint density at radius 1 is 1.33 bits per heavy atom. The Kier molecular flexibility index (Phi) is 6.72. The van der Waals surface area contributed by atoms with E-state index in [1.165, 1.54) is 23.8 Å². The Morgan fingerprint density at radius 2 is 2.06 bits per heavy atom. The van der Waals surface area contributed by atoms with E-state index in [1.54, 1.807) is 0 Å². The highest BCUT2D eigenvalue weighted by Gasteiger charge is 2.54. The van der Waals surface area contributed by atoms with Crippen LogP contribution in [0.15, 0.2) is 28.6 Å². The fourth-order valence-corrected chi connectivity index (χ4v) is 6.76. The summed E-state index contributed by atoms with van der Waals surface area (Å²) in [4.78, 5) is 50.4. The number of hydrogen-bond donors (Lipinski definition) is 3. The Bertz CT molecular complexity index is 1160. The first kappa shape index (κ1) is 24.7. The smallest absolute Gasteiger partial charge is 0.352 e. The third kappa shape index (κ3) is 4.47. The second-order valence-corrected chi connectivity index (χ2v) is 10.9. The number of fused-ring (bicyclic) bond motifs is 4. The number of anilines is 1. The molecule has 0 saturated carbocycles. The normalized spacial score (nSPS) is 29.8. The molecule has 2 bridgehead atoms. The number of carboxylic acids is 1. The van der Waals surface area contributed by atoms with Gasteiger partial charge in [-0.2, -0.15) is 9.36 Å². The molecule has 0 aliphatic carbocycles. The van der Waals surface area contributed by atoms with Gasteiger partial charge in [0.15, 0.2) is 5.13 Å². The highest BCUT2D eigenvalue weighted by molar-refractivity contribution is 8.00. The van der Waals surface area contributed by atoms with Gasteiger partial charge in [-0.1, -0.05) is 11.2 Å². The molecule has 6 heterocycles. The second kappa shape index (κ2) is 9.80. The maximum absolute atomic E-state index is 13.0. The quantitative estimate of drug-likeness (QED) is 0.161. The molecule has 4 fully saturated rings. The number of piperazine rings is 3. The van der Waals surface area contributed by atoms with Gasteiger partial charge in [0.1, 0.15) is 24.2 Å². The Balaban J connectivity index is 1.29. The summed E-state index contributed by atoms with van der Waals surface area (Å²) in [6, 6.07) is -0.914. The molecule has 4 saturated heterocycles. The largest absolute Gasteiger partial charge is 0.477 e. The number of rotatable bonds is 8. The number of hydrogen-bond acceptors (Lipinski definition) is 11. The number of allylic oxidation sites excluding steroid dienone is 1. The van der Waals surface area contributed by atoms with Crippen LogP contribution in [0.2, 0.25) is 0 Å². The van der Waals surface area contributed by atoms with Crippen LogP contribution in [-0.2, 0) is 19.2 Å². The van der Waals surface area contributed by atoms with Gasteiger partial charge in [0.05, 0.1) is 26.2 Å². The molecule has 13 nitrogen and oxygen atoms in total. The number of quaternary nitrogens is 1. The average Bonchev–Trinajstić information content (AvgIpc) is 3.31. The highest BCUT2D eigenvalue weighted by atomic mass is 32.2. The number of nitrogen functional groups attached to an aromatic ring is 1. The highest BCUT2D eigenvalue weighted by Crippen LogP contribution is 2.40. The molecule has 36 heavy (non-hydrogen) atoms. The molecule has 5 aliphatic rings. The van der Waals surface area contributed by atoms with E-state index in [2.05, 4.69) is 24.7 Å². The van der Waals surface area contributed by atoms with Crippen molar-refractivity contribution in [3.8, 4) is 0 Å². The number of carbonyl (C=O) groups is 3. The zero-order valence-corrected chi connectivity index (χ0v) is 21.3. The number of carboxylic acid groups (broad SMARTS) is 1. The van der Waals surface area contributed by atoms with E-state index in [4.69, 9.17) is 10.6 Å². The number of thioether (sulfide) groups is 1. The van der Waals surface area contributed by atoms with E-state index in [1.807, 2.05) is 12.2 Å². The monoisotopic (exact) mass is 535 g/mol. The summed E-state index contributed by atoms with van der Waals surface area (Å²) < 4.78 is 4.99. The van der Waals surface area contributed by atoms with Gasteiger partial charge in [-0.3, -0.25) is 19.4 Å². The van der Waals surface area contributed by atoms with E-state index >= 15 is 0 Å².